The zero-order valence-electron chi connectivity index (χ0n) is 21.1. The Kier molecular flexibility index (Phi) is 15.8. The molecule has 0 aromatic rings. The Balaban J connectivity index is 0.00000102. The SMILES string of the molecule is CO[C@H](C)[C@@H](C)OC.[B][C@@H]1O[C@H](CC)C(OC(=O)CCC(=O)NC)[C@@H]1O[C@H](C)[C@@H](C)OC. The molecular weight excluding hydrogens is 417 g/mol. The fourth-order valence-corrected chi connectivity index (χ4v) is 2.87. The van der Waals surface area contributed by atoms with E-state index < -0.39 is 24.2 Å². The van der Waals surface area contributed by atoms with Crippen LogP contribution in [0.25, 0.3) is 0 Å². The van der Waals surface area contributed by atoms with E-state index in [4.69, 9.17) is 36.3 Å². The van der Waals surface area contributed by atoms with Gasteiger partial charge in [0.05, 0.1) is 36.9 Å². The summed E-state index contributed by atoms with van der Waals surface area (Å²) in [5, 5.41) is 2.46. The van der Waals surface area contributed by atoms with Crippen molar-refractivity contribution in [2.24, 2.45) is 0 Å². The van der Waals surface area contributed by atoms with E-state index in [0.717, 1.165) is 0 Å². The largest absolute Gasteiger partial charge is 0.457 e. The maximum absolute atomic E-state index is 12.0. The molecule has 1 fully saturated rings. The van der Waals surface area contributed by atoms with Crippen molar-refractivity contribution in [2.45, 2.75) is 103 Å². The van der Waals surface area contributed by atoms with Gasteiger partial charge in [-0.2, -0.15) is 0 Å². The number of carbonyl (C=O) groups excluding carboxylic acids is 2. The Morgan fingerprint density at radius 1 is 0.906 bits per heavy atom. The van der Waals surface area contributed by atoms with E-state index in [2.05, 4.69) is 5.32 Å². The second-order valence-corrected chi connectivity index (χ2v) is 7.80. The average molecular weight is 459 g/mol. The van der Waals surface area contributed by atoms with Crippen molar-refractivity contribution in [2.75, 3.05) is 28.4 Å². The van der Waals surface area contributed by atoms with Crippen molar-refractivity contribution < 1.29 is 38.0 Å². The third kappa shape index (κ3) is 10.6. The van der Waals surface area contributed by atoms with Crippen LogP contribution < -0.4 is 5.32 Å². The molecule has 0 bridgehead atoms. The highest BCUT2D eigenvalue weighted by molar-refractivity contribution is 6.11. The van der Waals surface area contributed by atoms with E-state index in [-0.39, 0.29) is 49.3 Å². The first-order chi connectivity index (χ1) is 15.1. The van der Waals surface area contributed by atoms with Crippen molar-refractivity contribution in [1.29, 1.82) is 0 Å². The smallest absolute Gasteiger partial charge is 0.306 e. The minimum Gasteiger partial charge on any atom is -0.457 e. The normalized spacial score (nSPS) is 26.3. The van der Waals surface area contributed by atoms with Gasteiger partial charge in [-0.3, -0.25) is 9.59 Å². The van der Waals surface area contributed by atoms with E-state index in [1.54, 1.807) is 21.3 Å². The zero-order chi connectivity index (χ0) is 24.8. The third-order valence-electron chi connectivity index (χ3n) is 5.66. The molecule has 0 aromatic carbocycles. The lowest BCUT2D eigenvalue weighted by Gasteiger charge is -2.29. The van der Waals surface area contributed by atoms with Crippen molar-refractivity contribution in [3.05, 3.63) is 0 Å². The highest BCUT2D eigenvalue weighted by Gasteiger charge is 2.45. The van der Waals surface area contributed by atoms with Crippen LogP contribution in [0.2, 0.25) is 0 Å². The van der Waals surface area contributed by atoms with Gasteiger partial charge in [0, 0.05) is 40.8 Å². The molecule has 1 amide bonds. The van der Waals surface area contributed by atoms with Gasteiger partial charge in [0.2, 0.25) is 5.91 Å². The average Bonchev–Trinajstić information content (AvgIpc) is 3.09. The summed E-state index contributed by atoms with van der Waals surface area (Å²) in [6.45, 7) is 9.63. The standard InChI is InChI=1S/C16H28BNO6.C6H14O2/c1-6-11-14(24-13(20)8-7-12(19)18-4)15(16(17)23-11)22-10(3)9(2)21-5;1-5(7-3)6(2)8-4/h9-11,14-16H,6-8H2,1-5H3,(H,18,19);5-6H,1-4H3/t9-,10-,11-,14?,15+,16-;5-,6-/m11/s1. The fraction of sp³-hybridized carbons (Fsp3) is 0.909. The molecular formula is C22H42BNO8. The number of rotatable bonds is 12. The minimum atomic E-state index is -0.682. The van der Waals surface area contributed by atoms with Crippen LogP contribution in [-0.4, -0.2) is 96.8 Å². The van der Waals surface area contributed by atoms with Crippen LogP contribution in [0.15, 0.2) is 0 Å². The van der Waals surface area contributed by atoms with Crippen molar-refractivity contribution in [3.63, 3.8) is 0 Å². The van der Waals surface area contributed by atoms with Gasteiger partial charge in [-0.15, -0.1) is 0 Å². The molecule has 0 saturated carbocycles. The van der Waals surface area contributed by atoms with Crippen LogP contribution in [0, 0.1) is 0 Å². The molecule has 9 nitrogen and oxygen atoms in total. The molecule has 8 atom stereocenters. The molecule has 1 aliphatic rings. The molecule has 1 unspecified atom stereocenters. The summed E-state index contributed by atoms with van der Waals surface area (Å²) >= 11 is 0. The number of ether oxygens (including phenoxy) is 6. The van der Waals surface area contributed by atoms with Gasteiger partial charge in [-0.25, -0.2) is 0 Å². The summed E-state index contributed by atoms with van der Waals surface area (Å²) in [6.07, 6.45) is -0.790. The highest BCUT2D eigenvalue weighted by Crippen LogP contribution is 2.29. The molecule has 1 heterocycles. The van der Waals surface area contributed by atoms with Crippen molar-refractivity contribution in [1.82, 2.24) is 5.32 Å². The maximum atomic E-state index is 12.0. The van der Waals surface area contributed by atoms with Crippen molar-refractivity contribution in [3.8, 4) is 0 Å². The Bertz CT molecular complexity index is 530. The molecule has 0 aromatic heterocycles. The van der Waals surface area contributed by atoms with Gasteiger partial charge in [0.25, 0.3) is 0 Å². The lowest BCUT2D eigenvalue weighted by atomic mass is 9.92. The molecule has 0 spiro atoms. The Morgan fingerprint density at radius 3 is 1.84 bits per heavy atom. The number of amides is 1. The summed E-state index contributed by atoms with van der Waals surface area (Å²) in [7, 11) is 12.5. The summed E-state index contributed by atoms with van der Waals surface area (Å²) in [5.74, 6) is -0.686. The fourth-order valence-electron chi connectivity index (χ4n) is 2.87. The maximum Gasteiger partial charge on any atom is 0.306 e. The molecule has 0 aliphatic carbocycles. The van der Waals surface area contributed by atoms with Crippen molar-refractivity contribution >= 4 is 19.7 Å². The van der Waals surface area contributed by atoms with Crippen LogP contribution in [0.3, 0.4) is 0 Å². The number of esters is 1. The van der Waals surface area contributed by atoms with E-state index in [0.29, 0.717) is 6.42 Å². The molecule has 10 heteroatoms. The van der Waals surface area contributed by atoms with Crippen LogP contribution in [-0.2, 0) is 38.0 Å². The van der Waals surface area contributed by atoms with Crippen LogP contribution in [0.5, 0.6) is 0 Å². The second kappa shape index (κ2) is 16.4. The monoisotopic (exact) mass is 459 g/mol. The lowest BCUT2D eigenvalue weighted by Crippen LogP contribution is -2.43. The van der Waals surface area contributed by atoms with Gasteiger partial charge >= 0.3 is 5.97 Å². The number of hydrogen-bond acceptors (Lipinski definition) is 8. The number of carbonyl (C=O) groups is 2. The van der Waals surface area contributed by atoms with Crippen LogP contribution >= 0.6 is 0 Å². The zero-order valence-corrected chi connectivity index (χ0v) is 21.1. The lowest BCUT2D eigenvalue weighted by molar-refractivity contribution is -0.163. The third-order valence-corrected chi connectivity index (χ3v) is 5.66. The predicted molar refractivity (Wildman–Crippen MR) is 122 cm³/mol. The number of methoxy groups -OCH3 is 3. The summed E-state index contributed by atoms with van der Waals surface area (Å²) in [5.41, 5.74) is 0. The number of hydrogen-bond donors (Lipinski definition) is 1. The molecule has 186 valence electrons. The van der Waals surface area contributed by atoms with Gasteiger partial charge < -0.3 is 33.7 Å². The summed E-state index contributed by atoms with van der Waals surface area (Å²) < 4.78 is 32.3. The van der Waals surface area contributed by atoms with Gasteiger partial charge in [0.1, 0.15) is 14.0 Å². The molecule has 1 aliphatic heterocycles. The summed E-state index contributed by atoms with van der Waals surface area (Å²) in [4.78, 5) is 23.3. The minimum absolute atomic E-state index is 0.00140. The first kappa shape index (κ1) is 30.8. The Morgan fingerprint density at radius 2 is 1.41 bits per heavy atom. The van der Waals surface area contributed by atoms with E-state index >= 15 is 0 Å². The van der Waals surface area contributed by atoms with Gasteiger partial charge in [0.15, 0.2) is 6.10 Å². The first-order valence-electron chi connectivity index (χ1n) is 11.1. The second-order valence-electron chi connectivity index (χ2n) is 7.80. The van der Waals surface area contributed by atoms with Crippen LogP contribution in [0.1, 0.15) is 53.9 Å². The molecule has 2 radical (unpaired) electrons. The molecule has 32 heavy (non-hydrogen) atoms. The van der Waals surface area contributed by atoms with Gasteiger partial charge in [-0.1, -0.05) is 6.92 Å². The molecule has 1 N–H and O–H groups in total. The Labute approximate surface area is 194 Å². The summed E-state index contributed by atoms with van der Waals surface area (Å²) in [6, 6.07) is -0.682. The predicted octanol–water partition coefficient (Wildman–Crippen LogP) is 1.59. The van der Waals surface area contributed by atoms with E-state index in [9.17, 15) is 9.59 Å². The number of nitrogens with one attached hydrogen (secondary N) is 1. The van der Waals surface area contributed by atoms with E-state index in [1.165, 1.54) is 7.05 Å². The quantitative estimate of drug-likeness (QED) is 0.347. The van der Waals surface area contributed by atoms with Gasteiger partial charge in [-0.05, 0) is 34.1 Å². The van der Waals surface area contributed by atoms with Crippen LogP contribution in [0.4, 0.5) is 0 Å². The highest BCUT2D eigenvalue weighted by atomic mass is 16.6. The molecule has 1 saturated heterocycles. The Hall–Kier alpha value is -1.20. The van der Waals surface area contributed by atoms with E-state index in [1.807, 2.05) is 34.6 Å². The topological polar surface area (TPSA) is 102 Å². The molecule has 1 rings (SSSR count). The first-order valence-corrected chi connectivity index (χ1v) is 11.1.